The Hall–Kier alpha value is -2.15. The van der Waals surface area contributed by atoms with Crippen LogP contribution in [0.5, 0.6) is 0 Å². The second-order valence-electron chi connectivity index (χ2n) is 5.13. The third kappa shape index (κ3) is 3.30. The van der Waals surface area contributed by atoms with Crippen molar-refractivity contribution in [2.45, 2.75) is 25.1 Å². The fourth-order valence-electron chi connectivity index (χ4n) is 2.43. The van der Waals surface area contributed by atoms with Gasteiger partial charge in [-0.1, -0.05) is 18.2 Å². The Kier molecular flexibility index (Phi) is 4.42. The van der Waals surface area contributed by atoms with E-state index in [4.69, 9.17) is 5.11 Å². The highest BCUT2D eigenvalue weighted by atomic mass is 19.1. The smallest absolute Gasteiger partial charge is 0.326 e. The highest BCUT2D eigenvalue weighted by Crippen LogP contribution is 2.20. The van der Waals surface area contributed by atoms with Crippen molar-refractivity contribution in [3.05, 3.63) is 35.6 Å². The lowest BCUT2D eigenvalue weighted by molar-refractivity contribution is -0.141. The van der Waals surface area contributed by atoms with Crippen LogP contribution in [0.4, 0.5) is 9.18 Å². The highest BCUT2D eigenvalue weighted by Gasteiger charge is 2.40. The van der Waals surface area contributed by atoms with Gasteiger partial charge >= 0.3 is 12.0 Å². The predicted molar refractivity (Wildman–Crippen MR) is 72.0 cm³/mol. The number of carboxylic acid groups (broad SMARTS) is 1. The number of β-amino-alcohol motifs (C(OH)–C–C–N with tert-alkyl or cyclic N) is 1. The third-order valence-corrected chi connectivity index (χ3v) is 3.50. The van der Waals surface area contributed by atoms with Gasteiger partial charge in [-0.3, -0.25) is 0 Å². The van der Waals surface area contributed by atoms with E-state index in [0.29, 0.717) is 5.56 Å². The summed E-state index contributed by atoms with van der Waals surface area (Å²) in [7, 11) is 1.47. The Morgan fingerprint density at radius 1 is 1.43 bits per heavy atom. The molecule has 2 atom stereocenters. The summed E-state index contributed by atoms with van der Waals surface area (Å²) in [5, 5.41) is 18.6. The van der Waals surface area contributed by atoms with Crippen molar-refractivity contribution in [2.75, 3.05) is 13.6 Å². The molecule has 0 bridgehead atoms. The van der Waals surface area contributed by atoms with Gasteiger partial charge in [0.2, 0.25) is 0 Å². The average Bonchev–Trinajstić information content (AvgIpc) is 2.82. The number of urea groups is 1. The number of nitrogens with zero attached hydrogens (tertiary/aromatic N) is 2. The monoisotopic (exact) mass is 296 g/mol. The van der Waals surface area contributed by atoms with Crippen molar-refractivity contribution < 1.29 is 24.2 Å². The first-order chi connectivity index (χ1) is 9.90. The Balaban J connectivity index is 2.08. The molecule has 0 aromatic heterocycles. The average molecular weight is 296 g/mol. The van der Waals surface area contributed by atoms with E-state index in [0.717, 1.165) is 4.90 Å². The minimum absolute atomic E-state index is 0.00854. The van der Waals surface area contributed by atoms with Gasteiger partial charge in [0.15, 0.2) is 0 Å². The van der Waals surface area contributed by atoms with Gasteiger partial charge in [-0.15, -0.1) is 0 Å². The standard InChI is InChI=1S/C14H17FN2O4/c1-16(7-9-4-2-3-5-11(9)15)14(21)17-8-10(18)6-12(17)13(19)20/h2-5,10,12,18H,6-8H2,1H3,(H,19,20)/t10-,12-/m1/s1. The van der Waals surface area contributed by atoms with Crippen LogP contribution < -0.4 is 0 Å². The Morgan fingerprint density at radius 3 is 2.71 bits per heavy atom. The minimum Gasteiger partial charge on any atom is -0.480 e. The summed E-state index contributed by atoms with van der Waals surface area (Å²) in [5.41, 5.74) is 0.347. The lowest BCUT2D eigenvalue weighted by atomic mass is 10.2. The first kappa shape index (κ1) is 15.2. The maximum atomic E-state index is 13.6. The number of benzene rings is 1. The van der Waals surface area contributed by atoms with E-state index in [1.54, 1.807) is 18.2 Å². The number of hydrogen-bond acceptors (Lipinski definition) is 3. The van der Waals surface area contributed by atoms with E-state index in [1.807, 2.05) is 0 Å². The summed E-state index contributed by atoms with van der Waals surface area (Å²) in [4.78, 5) is 25.7. The van der Waals surface area contributed by atoms with E-state index >= 15 is 0 Å². The van der Waals surface area contributed by atoms with E-state index < -0.39 is 30.0 Å². The molecule has 2 amide bonds. The summed E-state index contributed by atoms with van der Waals surface area (Å²) < 4.78 is 13.6. The van der Waals surface area contributed by atoms with Gasteiger partial charge < -0.3 is 20.0 Å². The lowest BCUT2D eigenvalue weighted by Crippen LogP contribution is -2.46. The minimum atomic E-state index is -1.15. The molecule has 21 heavy (non-hydrogen) atoms. The molecule has 1 aromatic rings. The van der Waals surface area contributed by atoms with Crippen molar-refractivity contribution in [1.29, 1.82) is 0 Å². The highest BCUT2D eigenvalue weighted by molar-refractivity contribution is 5.83. The molecule has 2 rings (SSSR count). The van der Waals surface area contributed by atoms with Crippen molar-refractivity contribution in [2.24, 2.45) is 0 Å². The molecule has 1 aliphatic rings. The summed E-state index contributed by atoms with van der Waals surface area (Å²) in [6, 6.07) is 4.49. The van der Waals surface area contributed by atoms with E-state index in [2.05, 4.69) is 0 Å². The summed E-state index contributed by atoms with van der Waals surface area (Å²) >= 11 is 0. The molecule has 1 heterocycles. The van der Waals surface area contributed by atoms with Crippen LogP contribution in [0.3, 0.4) is 0 Å². The number of aliphatic hydroxyl groups excluding tert-OH is 1. The quantitative estimate of drug-likeness (QED) is 0.868. The molecule has 0 aliphatic carbocycles. The number of aliphatic hydroxyl groups is 1. The predicted octanol–water partition coefficient (Wildman–Crippen LogP) is 0.897. The number of hydrogen-bond donors (Lipinski definition) is 2. The maximum absolute atomic E-state index is 13.6. The molecule has 1 fully saturated rings. The first-order valence-electron chi connectivity index (χ1n) is 6.56. The Bertz CT molecular complexity index is 552. The van der Waals surface area contributed by atoms with Crippen molar-refractivity contribution in [3.8, 4) is 0 Å². The van der Waals surface area contributed by atoms with Crippen LogP contribution in [0.15, 0.2) is 24.3 Å². The SMILES string of the molecule is CN(Cc1ccccc1F)C(=O)N1C[C@H](O)C[C@@H]1C(=O)O. The number of halogens is 1. The van der Waals surface area contributed by atoms with Crippen molar-refractivity contribution >= 4 is 12.0 Å². The van der Waals surface area contributed by atoms with Crippen LogP contribution in [0.25, 0.3) is 0 Å². The second-order valence-corrected chi connectivity index (χ2v) is 5.13. The summed E-state index contributed by atoms with van der Waals surface area (Å²) in [5.74, 6) is -1.58. The molecule has 0 radical (unpaired) electrons. The Labute approximate surface area is 121 Å². The van der Waals surface area contributed by atoms with E-state index in [9.17, 15) is 19.1 Å². The molecular formula is C14H17FN2O4. The number of carbonyl (C=O) groups excluding carboxylic acids is 1. The summed E-state index contributed by atoms with van der Waals surface area (Å²) in [6.07, 6.45) is -0.842. The van der Waals surface area contributed by atoms with Crippen LogP contribution in [-0.4, -0.2) is 57.8 Å². The molecule has 0 unspecified atom stereocenters. The van der Waals surface area contributed by atoms with E-state index in [1.165, 1.54) is 18.0 Å². The fraction of sp³-hybridized carbons (Fsp3) is 0.429. The Morgan fingerprint density at radius 2 is 2.10 bits per heavy atom. The van der Waals surface area contributed by atoms with Crippen LogP contribution in [-0.2, 0) is 11.3 Å². The molecule has 7 heteroatoms. The number of carbonyl (C=O) groups is 2. The van der Waals surface area contributed by atoms with Crippen LogP contribution in [0.2, 0.25) is 0 Å². The number of aliphatic carboxylic acids is 1. The van der Waals surface area contributed by atoms with Gasteiger partial charge in [0.25, 0.3) is 0 Å². The van der Waals surface area contributed by atoms with Gasteiger partial charge in [0, 0.05) is 32.1 Å². The number of amides is 2. The van der Waals surface area contributed by atoms with Gasteiger partial charge in [-0.2, -0.15) is 0 Å². The molecule has 2 N–H and O–H groups in total. The van der Waals surface area contributed by atoms with Gasteiger partial charge in [-0.05, 0) is 6.07 Å². The van der Waals surface area contributed by atoms with Gasteiger partial charge in [-0.25, -0.2) is 14.0 Å². The van der Waals surface area contributed by atoms with E-state index in [-0.39, 0.29) is 19.5 Å². The van der Waals surface area contributed by atoms with Crippen LogP contribution in [0, 0.1) is 5.82 Å². The largest absolute Gasteiger partial charge is 0.480 e. The zero-order valence-corrected chi connectivity index (χ0v) is 11.6. The number of carboxylic acids is 1. The van der Waals surface area contributed by atoms with Gasteiger partial charge in [0.1, 0.15) is 11.9 Å². The second kappa shape index (κ2) is 6.09. The molecule has 114 valence electrons. The number of rotatable bonds is 3. The van der Waals surface area contributed by atoms with Crippen molar-refractivity contribution in [3.63, 3.8) is 0 Å². The van der Waals surface area contributed by atoms with Crippen molar-refractivity contribution in [1.82, 2.24) is 9.80 Å². The molecule has 0 saturated carbocycles. The topological polar surface area (TPSA) is 81.1 Å². The summed E-state index contributed by atoms with van der Waals surface area (Å²) in [6.45, 7) is 0.00184. The molecule has 6 nitrogen and oxygen atoms in total. The van der Waals surface area contributed by atoms with Crippen LogP contribution >= 0.6 is 0 Å². The zero-order chi connectivity index (χ0) is 15.6. The van der Waals surface area contributed by atoms with Gasteiger partial charge in [0.05, 0.1) is 6.10 Å². The molecule has 0 spiro atoms. The molecule has 1 aromatic carbocycles. The fourth-order valence-corrected chi connectivity index (χ4v) is 2.43. The number of likely N-dealkylation sites (tertiary alicyclic amines) is 1. The maximum Gasteiger partial charge on any atom is 0.326 e. The first-order valence-corrected chi connectivity index (χ1v) is 6.56. The van der Waals surface area contributed by atoms with Crippen LogP contribution in [0.1, 0.15) is 12.0 Å². The normalized spacial score (nSPS) is 21.4. The lowest BCUT2D eigenvalue weighted by Gasteiger charge is -2.27. The molecule has 1 aliphatic heterocycles. The zero-order valence-electron chi connectivity index (χ0n) is 11.6. The molecule has 1 saturated heterocycles. The molecular weight excluding hydrogens is 279 g/mol. The third-order valence-electron chi connectivity index (χ3n) is 3.50.